The summed E-state index contributed by atoms with van der Waals surface area (Å²) in [6.45, 7) is 4.91. The lowest BCUT2D eigenvalue weighted by Crippen LogP contribution is -2.44. The molecular weight excluding hydrogens is 274 g/mol. The minimum atomic E-state index is -0.0210. The topological polar surface area (TPSA) is 65.7 Å². The Balaban J connectivity index is 2.03. The maximum absolute atomic E-state index is 9.67. The van der Waals surface area contributed by atoms with Gasteiger partial charge in [0.1, 0.15) is 11.6 Å². The fourth-order valence-electron chi connectivity index (χ4n) is 3.93. The highest BCUT2D eigenvalue weighted by Crippen LogP contribution is 2.38. The van der Waals surface area contributed by atoms with Gasteiger partial charge in [-0.1, -0.05) is 0 Å². The third-order valence-corrected chi connectivity index (χ3v) is 4.84. The van der Waals surface area contributed by atoms with Gasteiger partial charge in [0.2, 0.25) is 0 Å². The molecule has 2 atom stereocenters. The number of hydrogen-bond acceptors (Lipinski definition) is 5. The van der Waals surface area contributed by atoms with Crippen LogP contribution >= 0.6 is 0 Å². The van der Waals surface area contributed by atoms with Crippen LogP contribution in [0.4, 0.5) is 5.82 Å². The molecule has 0 amide bonds. The van der Waals surface area contributed by atoms with Crippen molar-refractivity contribution in [2.75, 3.05) is 11.4 Å². The van der Waals surface area contributed by atoms with Crippen molar-refractivity contribution in [2.24, 2.45) is 5.92 Å². The molecule has 0 aromatic carbocycles. The molecule has 0 spiro atoms. The van der Waals surface area contributed by atoms with E-state index in [4.69, 9.17) is 9.97 Å². The van der Waals surface area contributed by atoms with E-state index in [1.165, 1.54) is 6.42 Å². The second-order valence-corrected chi connectivity index (χ2v) is 6.40. The molecule has 5 heteroatoms. The van der Waals surface area contributed by atoms with Crippen LogP contribution in [0, 0.1) is 31.1 Å². The van der Waals surface area contributed by atoms with Crippen molar-refractivity contribution in [1.82, 2.24) is 15.0 Å². The van der Waals surface area contributed by atoms with E-state index in [9.17, 15) is 5.26 Å². The molecule has 0 aliphatic carbocycles. The number of hydrogen-bond donors (Lipinski definition) is 0. The smallest absolute Gasteiger partial charge is 0.142 e. The van der Waals surface area contributed by atoms with Gasteiger partial charge in [-0.25, -0.2) is 9.97 Å². The van der Waals surface area contributed by atoms with Gasteiger partial charge in [0.15, 0.2) is 0 Å². The van der Waals surface area contributed by atoms with Crippen LogP contribution in [0.1, 0.15) is 36.5 Å². The molecule has 5 nitrogen and oxygen atoms in total. The molecule has 0 N–H and O–H groups in total. The van der Waals surface area contributed by atoms with E-state index in [1.54, 1.807) is 0 Å². The summed E-state index contributed by atoms with van der Waals surface area (Å²) in [5, 5.41) is 10.7. The Hall–Kier alpha value is -2.22. The number of aromatic nitrogens is 3. The average Bonchev–Trinajstić information content (AvgIpc) is 2.63. The summed E-state index contributed by atoms with van der Waals surface area (Å²) in [5.41, 5.74) is 2.92. The predicted octanol–water partition coefficient (Wildman–Crippen LogP) is 2.70. The van der Waals surface area contributed by atoms with Gasteiger partial charge < -0.3 is 4.90 Å². The van der Waals surface area contributed by atoms with E-state index < -0.39 is 0 Å². The molecule has 2 unspecified atom stereocenters. The Morgan fingerprint density at radius 1 is 1.23 bits per heavy atom. The van der Waals surface area contributed by atoms with Gasteiger partial charge in [0.25, 0.3) is 0 Å². The second kappa shape index (κ2) is 4.91. The van der Waals surface area contributed by atoms with Crippen LogP contribution in [0.15, 0.2) is 6.07 Å². The van der Waals surface area contributed by atoms with Gasteiger partial charge in [-0.2, -0.15) is 5.26 Å². The van der Waals surface area contributed by atoms with Gasteiger partial charge in [0.05, 0.1) is 28.6 Å². The first-order valence-corrected chi connectivity index (χ1v) is 7.98. The first-order chi connectivity index (χ1) is 10.7. The maximum Gasteiger partial charge on any atom is 0.142 e. The molecular formula is C17H19N5. The van der Waals surface area contributed by atoms with E-state index in [1.807, 2.05) is 19.9 Å². The third-order valence-electron chi connectivity index (χ3n) is 4.84. The van der Waals surface area contributed by atoms with Crippen LogP contribution in [0.5, 0.6) is 0 Å². The van der Waals surface area contributed by atoms with E-state index in [0.29, 0.717) is 6.42 Å². The molecule has 2 aromatic heterocycles. The van der Waals surface area contributed by atoms with E-state index in [2.05, 4.69) is 16.0 Å². The molecule has 2 aliphatic rings. The molecule has 4 heterocycles. The fraction of sp³-hybridized carbons (Fsp3) is 0.529. The number of nitriles is 1. The second-order valence-electron chi connectivity index (χ2n) is 6.40. The zero-order chi connectivity index (χ0) is 15.3. The van der Waals surface area contributed by atoms with E-state index in [-0.39, 0.29) is 12.0 Å². The van der Waals surface area contributed by atoms with E-state index in [0.717, 1.165) is 53.3 Å². The van der Waals surface area contributed by atoms with Crippen LogP contribution in [-0.2, 0) is 6.42 Å². The third kappa shape index (κ3) is 1.94. The Bertz CT molecular complexity index is 786. The first-order valence-electron chi connectivity index (χ1n) is 7.98. The normalized spacial score (nSPS) is 23.8. The Kier molecular flexibility index (Phi) is 3.00. The molecule has 0 saturated carbocycles. The van der Waals surface area contributed by atoms with Gasteiger partial charge in [-0.3, -0.25) is 4.98 Å². The molecule has 112 valence electrons. The van der Waals surface area contributed by atoms with Crippen molar-refractivity contribution in [3.63, 3.8) is 0 Å². The van der Waals surface area contributed by atoms with Crippen molar-refractivity contribution in [3.05, 3.63) is 23.3 Å². The zero-order valence-corrected chi connectivity index (χ0v) is 13.0. The number of piperidine rings is 1. The summed E-state index contributed by atoms with van der Waals surface area (Å²) in [4.78, 5) is 16.4. The van der Waals surface area contributed by atoms with E-state index >= 15 is 0 Å². The minimum Gasteiger partial charge on any atom is -0.352 e. The van der Waals surface area contributed by atoms with Crippen LogP contribution < -0.4 is 4.90 Å². The molecule has 1 saturated heterocycles. The monoisotopic (exact) mass is 293 g/mol. The highest BCUT2D eigenvalue weighted by atomic mass is 15.2. The summed E-state index contributed by atoms with van der Waals surface area (Å²) in [7, 11) is 0. The van der Waals surface area contributed by atoms with Crippen LogP contribution in [0.2, 0.25) is 0 Å². The van der Waals surface area contributed by atoms with Crippen molar-refractivity contribution in [3.8, 4) is 6.07 Å². The lowest BCUT2D eigenvalue weighted by molar-refractivity contribution is 0.386. The van der Waals surface area contributed by atoms with Crippen molar-refractivity contribution in [2.45, 2.75) is 45.6 Å². The molecule has 2 aliphatic heterocycles. The van der Waals surface area contributed by atoms with Gasteiger partial charge in [0, 0.05) is 24.7 Å². The SMILES string of the molecule is Cc1cc2nc(C)nc3c2c(n1)CC(C#N)C1CCCCN31. The zero-order valence-electron chi connectivity index (χ0n) is 13.0. The van der Waals surface area contributed by atoms with Crippen LogP contribution in [-0.4, -0.2) is 27.5 Å². The lowest BCUT2D eigenvalue weighted by Gasteiger charge is -2.37. The number of fused-ring (bicyclic) bond motifs is 2. The largest absolute Gasteiger partial charge is 0.352 e. The summed E-state index contributed by atoms with van der Waals surface area (Å²) < 4.78 is 0. The highest BCUT2D eigenvalue weighted by molar-refractivity contribution is 5.92. The molecule has 0 radical (unpaired) electrons. The van der Waals surface area contributed by atoms with Gasteiger partial charge in [-0.05, 0) is 39.2 Å². The number of pyridine rings is 1. The number of nitrogens with zero attached hydrogens (tertiary/aromatic N) is 5. The molecule has 22 heavy (non-hydrogen) atoms. The Morgan fingerprint density at radius 3 is 2.91 bits per heavy atom. The Morgan fingerprint density at radius 2 is 2.09 bits per heavy atom. The molecule has 2 aromatic rings. The average molecular weight is 293 g/mol. The lowest BCUT2D eigenvalue weighted by atomic mass is 9.89. The standard InChI is InChI=1S/C17H19N5/c1-10-7-13-16-14(19-10)8-12(9-18)15-5-3-4-6-22(15)17(16)21-11(2)20-13/h7,12,15H,3-6,8H2,1-2H3. The van der Waals surface area contributed by atoms with Crippen molar-refractivity contribution < 1.29 is 0 Å². The quantitative estimate of drug-likeness (QED) is 0.747. The molecule has 1 fully saturated rings. The summed E-state index contributed by atoms with van der Waals surface area (Å²) in [5.74, 6) is 1.76. The summed E-state index contributed by atoms with van der Waals surface area (Å²) in [6, 6.07) is 4.81. The molecule has 0 bridgehead atoms. The highest BCUT2D eigenvalue weighted by Gasteiger charge is 2.36. The van der Waals surface area contributed by atoms with Gasteiger partial charge >= 0.3 is 0 Å². The van der Waals surface area contributed by atoms with Crippen molar-refractivity contribution >= 4 is 16.7 Å². The minimum absolute atomic E-state index is 0.0210. The van der Waals surface area contributed by atoms with Crippen molar-refractivity contribution in [1.29, 1.82) is 5.26 Å². The maximum atomic E-state index is 9.67. The van der Waals surface area contributed by atoms with Crippen LogP contribution in [0.25, 0.3) is 10.9 Å². The summed E-state index contributed by atoms with van der Waals surface area (Å²) in [6.07, 6.45) is 4.12. The number of anilines is 1. The number of rotatable bonds is 0. The fourth-order valence-corrected chi connectivity index (χ4v) is 3.93. The summed E-state index contributed by atoms with van der Waals surface area (Å²) >= 11 is 0. The van der Waals surface area contributed by atoms with Gasteiger partial charge in [-0.15, -0.1) is 0 Å². The number of aryl methyl sites for hydroxylation is 2. The predicted molar refractivity (Wildman–Crippen MR) is 84.6 cm³/mol. The first kappa shape index (κ1) is 13.4. The Labute approximate surface area is 130 Å². The van der Waals surface area contributed by atoms with Crippen LogP contribution in [0.3, 0.4) is 0 Å². The molecule has 4 rings (SSSR count).